The van der Waals surface area contributed by atoms with Crippen LogP contribution in [0, 0.1) is 0 Å². The Balaban J connectivity index is 3.33. The van der Waals surface area contributed by atoms with Gasteiger partial charge in [-0.15, -0.1) is 0 Å². The van der Waals surface area contributed by atoms with Crippen LogP contribution in [0.2, 0.25) is 0 Å². The molecule has 0 aromatic heterocycles. The molecule has 24 heavy (non-hydrogen) atoms. The Labute approximate surface area is 157 Å². The maximum Gasteiger partial charge on any atom is 0.166 e. The summed E-state index contributed by atoms with van der Waals surface area (Å²) in [6.45, 7) is 8.58. The zero-order valence-corrected chi connectivity index (χ0v) is 17.7. The molecule has 0 radical (unpaired) electrons. The van der Waals surface area contributed by atoms with Gasteiger partial charge in [0.25, 0.3) is 0 Å². The molecular weight excluding hydrogens is 312 g/mol. The molecule has 0 bridgehead atoms. The van der Waals surface area contributed by atoms with Crippen LogP contribution in [-0.2, 0) is 4.74 Å². The van der Waals surface area contributed by atoms with Crippen molar-refractivity contribution in [3.8, 4) is 0 Å². The number of hydrogen-bond acceptors (Lipinski definition) is 2. The van der Waals surface area contributed by atoms with Crippen LogP contribution in [-0.4, -0.2) is 5.05 Å². The van der Waals surface area contributed by atoms with Gasteiger partial charge >= 0.3 is 0 Å². The first-order valence-corrected chi connectivity index (χ1v) is 10.9. The fourth-order valence-corrected chi connectivity index (χ4v) is 3.25. The number of rotatable bonds is 16. The van der Waals surface area contributed by atoms with E-state index in [1.807, 2.05) is 0 Å². The van der Waals surface area contributed by atoms with E-state index in [0.717, 1.165) is 23.7 Å². The first-order valence-electron chi connectivity index (χ1n) is 10.5. The molecule has 0 spiro atoms. The molecule has 0 saturated heterocycles. The summed E-state index contributed by atoms with van der Waals surface area (Å²) in [5.41, 5.74) is 1.24. The predicted octanol–water partition coefficient (Wildman–Crippen LogP) is 8.52. The summed E-state index contributed by atoms with van der Waals surface area (Å²) >= 11 is 5.35. The normalized spacial score (nSPS) is 10.7. The Kier molecular flexibility index (Phi) is 17.2. The van der Waals surface area contributed by atoms with E-state index in [1.165, 1.54) is 89.0 Å². The predicted molar refractivity (Wildman–Crippen MR) is 113 cm³/mol. The number of hydrogen-bond donors (Lipinski definition) is 0. The van der Waals surface area contributed by atoms with Crippen molar-refractivity contribution in [2.45, 2.75) is 124 Å². The van der Waals surface area contributed by atoms with Gasteiger partial charge in [-0.05, 0) is 38.1 Å². The summed E-state index contributed by atoms with van der Waals surface area (Å²) in [5, 5.41) is 0.774. The average molecular weight is 355 g/mol. The second-order valence-corrected chi connectivity index (χ2v) is 7.70. The Hall–Kier alpha value is -0.370. The largest absolute Gasteiger partial charge is 0.455 e. The minimum Gasteiger partial charge on any atom is -0.455 e. The van der Waals surface area contributed by atoms with Gasteiger partial charge in [-0.2, -0.15) is 0 Å². The van der Waals surface area contributed by atoms with E-state index in [2.05, 4.69) is 27.7 Å². The molecule has 0 aliphatic carbocycles. The van der Waals surface area contributed by atoms with Crippen LogP contribution in [0.15, 0.2) is 11.3 Å². The van der Waals surface area contributed by atoms with Gasteiger partial charge in [-0.3, -0.25) is 0 Å². The Morgan fingerprint density at radius 2 is 1.08 bits per heavy atom. The van der Waals surface area contributed by atoms with Gasteiger partial charge in [0.1, 0.15) is 5.76 Å². The molecule has 0 atom stereocenters. The maximum atomic E-state index is 5.78. The number of thiocarbonyl (C=S) groups is 1. The van der Waals surface area contributed by atoms with Crippen molar-refractivity contribution < 1.29 is 4.74 Å². The highest BCUT2D eigenvalue weighted by Crippen LogP contribution is 2.15. The minimum atomic E-state index is 0.774. The summed E-state index contributed by atoms with van der Waals surface area (Å²) in [6, 6.07) is 0. The van der Waals surface area contributed by atoms with E-state index in [1.54, 1.807) is 0 Å². The van der Waals surface area contributed by atoms with Gasteiger partial charge in [-0.25, -0.2) is 0 Å². The zero-order chi connectivity index (χ0) is 18.0. The lowest BCUT2D eigenvalue weighted by atomic mass is 10.0. The zero-order valence-electron chi connectivity index (χ0n) is 16.9. The molecule has 0 saturated carbocycles. The van der Waals surface area contributed by atoms with E-state index in [9.17, 15) is 0 Å². The Bertz CT molecular complexity index is 329. The van der Waals surface area contributed by atoms with Crippen molar-refractivity contribution >= 4 is 17.3 Å². The van der Waals surface area contributed by atoms with Crippen molar-refractivity contribution in [3.63, 3.8) is 0 Å². The summed E-state index contributed by atoms with van der Waals surface area (Å²) in [6.07, 6.45) is 19.9. The molecule has 1 nitrogen and oxygen atoms in total. The molecule has 0 aromatic rings. The third-order valence-corrected chi connectivity index (χ3v) is 4.89. The molecule has 0 amide bonds. The Morgan fingerprint density at radius 3 is 1.46 bits per heavy atom. The van der Waals surface area contributed by atoms with E-state index < -0.39 is 0 Å². The molecule has 0 aliphatic heterocycles. The molecule has 0 rings (SSSR count). The highest BCUT2D eigenvalue weighted by Gasteiger charge is 2.03. The lowest BCUT2D eigenvalue weighted by molar-refractivity contribution is 0.388. The lowest BCUT2D eigenvalue weighted by Gasteiger charge is -2.11. The number of unbranched alkanes of at least 4 members (excludes halogenated alkanes) is 12. The number of ether oxygens (including phenoxy) is 1. The molecule has 0 fully saturated rings. The summed E-state index contributed by atoms with van der Waals surface area (Å²) in [4.78, 5) is 0. The first kappa shape index (κ1) is 23.6. The SMILES string of the molecule is CCCCCCCCCCCCCCCC(=S)OC(CC)=C(C)C. The topological polar surface area (TPSA) is 9.23 Å². The first-order chi connectivity index (χ1) is 11.6. The third kappa shape index (κ3) is 15.2. The van der Waals surface area contributed by atoms with Crippen LogP contribution in [0.25, 0.3) is 0 Å². The summed E-state index contributed by atoms with van der Waals surface area (Å²) in [5.74, 6) is 1.05. The molecule has 0 N–H and O–H groups in total. The molecule has 0 aliphatic rings. The highest BCUT2D eigenvalue weighted by atomic mass is 32.1. The van der Waals surface area contributed by atoms with Crippen molar-refractivity contribution in [1.82, 2.24) is 0 Å². The number of allylic oxidation sites excluding steroid dienone is 2. The van der Waals surface area contributed by atoms with E-state index in [-0.39, 0.29) is 0 Å². The molecular formula is C22H42OS. The van der Waals surface area contributed by atoms with Crippen molar-refractivity contribution in [2.24, 2.45) is 0 Å². The van der Waals surface area contributed by atoms with Gasteiger partial charge in [0.2, 0.25) is 0 Å². The van der Waals surface area contributed by atoms with Crippen molar-refractivity contribution in [3.05, 3.63) is 11.3 Å². The van der Waals surface area contributed by atoms with Crippen molar-refractivity contribution in [2.75, 3.05) is 0 Å². The van der Waals surface area contributed by atoms with E-state index in [0.29, 0.717) is 0 Å². The average Bonchev–Trinajstić information content (AvgIpc) is 2.56. The second-order valence-electron chi connectivity index (χ2n) is 7.24. The molecule has 0 aromatic carbocycles. The van der Waals surface area contributed by atoms with Gasteiger partial charge in [-0.1, -0.05) is 90.9 Å². The third-order valence-electron chi connectivity index (χ3n) is 4.60. The van der Waals surface area contributed by atoms with Crippen LogP contribution in [0.3, 0.4) is 0 Å². The monoisotopic (exact) mass is 354 g/mol. The minimum absolute atomic E-state index is 0.774. The van der Waals surface area contributed by atoms with Crippen LogP contribution >= 0.6 is 12.2 Å². The van der Waals surface area contributed by atoms with E-state index >= 15 is 0 Å². The summed E-state index contributed by atoms with van der Waals surface area (Å²) < 4.78 is 5.78. The Morgan fingerprint density at radius 1 is 0.667 bits per heavy atom. The molecule has 142 valence electrons. The van der Waals surface area contributed by atoms with E-state index in [4.69, 9.17) is 17.0 Å². The van der Waals surface area contributed by atoms with Crippen LogP contribution in [0.4, 0.5) is 0 Å². The van der Waals surface area contributed by atoms with Crippen LogP contribution < -0.4 is 0 Å². The van der Waals surface area contributed by atoms with Crippen LogP contribution in [0.1, 0.15) is 124 Å². The second kappa shape index (κ2) is 17.5. The van der Waals surface area contributed by atoms with Gasteiger partial charge in [0.05, 0.1) is 0 Å². The lowest BCUT2D eigenvalue weighted by Crippen LogP contribution is -2.02. The standard InChI is InChI=1S/C22H42OS/c1-5-7-8-9-10-11-12-13-14-15-16-17-18-19-22(24)23-21(6-2)20(3)4/h5-19H2,1-4H3. The fraction of sp³-hybridized carbons (Fsp3) is 0.864. The molecule has 0 unspecified atom stereocenters. The van der Waals surface area contributed by atoms with Gasteiger partial charge in [0.15, 0.2) is 5.05 Å². The van der Waals surface area contributed by atoms with Crippen molar-refractivity contribution in [1.29, 1.82) is 0 Å². The smallest absolute Gasteiger partial charge is 0.166 e. The van der Waals surface area contributed by atoms with Crippen LogP contribution in [0.5, 0.6) is 0 Å². The highest BCUT2D eigenvalue weighted by molar-refractivity contribution is 7.80. The molecule has 2 heteroatoms. The summed E-state index contributed by atoms with van der Waals surface area (Å²) in [7, 11) is 0. The maximum absolute atomic E-state index is 5.78. The fourth-order valence-electron chi connectivity index (χ4n) is 3.00. The van der Waals surface area contributed by atoms with Gasteiger partial charge < -0.3 is 4.74 Å². The van der Waals surface area contributed by atoms with Gasteiger partial charge in [0, 0.05) is 12.8 Å². The molecule has 0 heterocycles. The quantitative estimate of drug-likeness (QED) is 0.156.